The van der Waals surface area contributed by atoms with Crippen LogP contribution in [0.25, 0.3) is 0 Å². The first kappa shape index (κ1) is 28.8. The quantitative estimate of drug-likeness (QED) is 0.395. The molecule has 1 fully saturated rings. The zero-order valence-electron chi connectivity index (χ0n) is 25.3. The SMILES string of the molecule is CNC(=O)Nc1ccc2c(c1)C(=O)/C(=C/C1c3cc(OC)ccc3N(CCN3CCN(C)CC3)C1c1c(C)noc1C)O2. The van der Waals surface area contributed by atoms with Crippen LogP contribution in [-0.2, 0) is 0 Å². The Bertz CT molecular complexity index is 1550. The van der Waals surface area contributed by atoms with Gasteiger partial charge >= 0.3 is 6.03 Å². The Balaban J connectivity index is 1.39. The number of fused-ring (bicyclic) bond motifs is 2. The number of carbonyl (C=O) groups excluding carboxylic acids is 2. The summed E-state index contributed by atoms with van der Waals surface area (Å²) in [6.07, 6.45) is 1.93. The average molecular weight is 587 g/mol. The summed E-state index contributed by atoms with van der Waals surface area (Å²) >= 11 is 0. The number of piperazine rings is 1. The minimum Gasteiger partial charge on any atom is -0.497 e. The number of amides is 2. The predicted octanol–water partition coefficient (Wildman–Crippen LogP) is 4.10. The van der Waals surface area contributed by atoms with E-state index >= 15 is 0 Å². The van der Waals surface area contributed by atoms with Gasteiger partial charge in [0.1, 0.15) is 17.3 Å². The van der Waals surface area contributed by atoms with Gasteiger partial charge in [-0.15, -0.1) is 0 Å². The van der Waals surface area contributed by atoms with Gasteiger partial charge in [0.2, 0.25) is 5.78 Å². The number of ether oxygens (including phenoxy) is 2. The van der Waals surface area contributed by atoms with Gasteiger partial charge < -0.3 is 34.4 Å². The van der Waals surface area contributed by atoms with Gasteiger partial charge in [0.05, 0.1) is 24.4 Å². The molecule has 3 aliphatic rings. The molecular weight excluding hydrogens is 548 g/mol. The summed E-state index contributed by atoms with van der Waals surface area (Å²) in [5.74, 6) is 1.74. The lowest BCUT2D eigenvalue weighted by atomic mass is 9.88. The van der Waals surface area contributed by atoms with Crippen LogP contribution in [0.15, 0.2) is 52.8 Å². The number of carbonyl (C=O) groups is 2. The van der Waals surface area contributed by atoms with E-state index in [0.29, 0.717) is 17.0 Å². The van der Waals surface area contributed by atoms with E-state index in [0.717, 1.165) is 73.3 Å². The van der Waals surface area contributed by atoms with Gasteiger partial charge in [0, 0.05) is 69.2 Å². The highest BCUT2D eigenvalue weighted by atomic mass is 16.5. The number of urea groups is 1. The van der Waals surface area contributed by atoms with Crippen molar-refractivity contribution < 1.29 is 23.6 Å². The molecule has 226 valence electrons. The molecule has 4 heterocycles. The molecule has 11 heteroatoms. The summed E-state index contributed by atoms with van der Waals surface area (Å²) in [6.45, 7) is 9.77. The summed E-state index contributed by atoms with van der Waals surface area (Å²) in [5.41, 5.74) is 4.88. The van der Waals surface area contributed by atoms with Gasteiger partial charge in [0.25, 0.3) is 0 Å². The lowest BCUT2D eigenvalue weighted by Gasteiger charge is -2.36. The normalized spacial score (nSPS) is 21.1. The van der Waals surface area contributed by atoms with Crippen LogP contribution >= 0.6 is 0 Å². The highest BCUT2D eigenvalue weighted by molar-refractivity contribution is 6.13. The smallest absolute Gasteiger partial charge is 0.318 e. The fraction of sp³-hybridized carbons (Fsp3) is 0.406. The van der Waals surface area contributed by atoms with Crippen LogP contribution in [0.4, 0.5) is 16.2 Å². The number of nitrogens with one attached hydrogen (secondary N) is 2. The van der Waals surface area contributed by atoms with Gasteiger partial charge in [-0.1, -0.05) is 5.16 Å². The van der Waals surface area contributed by atoms with Crippen LogP contribution in [0.1, 0.15) is 44.9 Å². The minimum absolute atomic E-state index is 0.168. The van der Waals surface area contributed by atoms with Crippen molar-refractivity contribution in [1.82, 2.24) is 20.3 Å². The zero-order valence-corrected chi connectivity index (χ0v) is 25.3. The lowest BCUT2D eigenvalue weighted by Crippen LogP contribution is -2.47. The summed E-state index contributed by atoms with van der Waals surface area (Å²) < 4.78 is 17.5. The molecule has 2 atom stereocenters. The van der Waals surface area contributed by atoms with Crippen LogP contribution in [0.5, 0.6) is 11.5 Å². The number of rotatable bonds is 7. The first-order valence-corrected chi connectivity index (χ1v) is 14.6. The highest BCUT2D eigenvalue weighted by Gasteiger charge is 2.43. The molecule has 6 rings (SSSR count). The highest BCUT2D eigenvalue weighted by Crippen LogP contribution is 2.52. The third-order valence-corrected chi connectivity index (χ3v) is 8.70. The minimum atomic E-state index is -0.363. The average Bonchev–Trinajstić information content (AvgIpc) is 3.62. The van der Waals surface area contributed by atoms with Gasteiger partial charge in [-0.25, -0.2) is 4.79 Å². The van der Waals surface area contributed by atoms with Gasteiger partial charge in [-0.05, 0) is 68.9 Å². The van der Waals surface area contributed by atoms with Crippen LogP contribution < -0.4 is 25.0 Å². The maximum atomic E-state index is 13.7. The zero-order chi connectivity index (χ0) is 30.2. The lowest BCUT2D eigenvalue weighted by molar-refractivity contribution is 0.101. The maximum absolute atomic E-state index is 13.7. The number of anilines is 2. The fourth-order valence-corrected chi connectivity index (χ4v) is 6.35. The van der Waals surface area contributed by atoms with Crippen molar-refractivity contribution in [2.24, 2.45) is 0 Å². The molecule has 1 saturated heterocycles. The third kappa shape index (κ3) is 5.46. The number of aromatic nitrogens is 1. The topological polar surface area (TPSA) is 112 Å². The van der Waals surface area contributed by atoms with Gasteiger partial charge in [-0.3, -0.25) is 9.69 Å². The second kappa shape index (κ2) is 11.7. The largest absolute Gasteiger partial charge is 0.497 e. The van der Waals surface area contributed by atoms with Crippen molar-refractivity contribution in [3.05, 3.63) is 76.4 Å². The van der Waals surface area contributed by atoms with Crippen molar-refractivity contribution in [3.63, 3.8) is 0 Å². The van der Waals surface area contributed by atoms with E-state index in [1.165, 1.54) is 7.05 Å². The Morgan fingerprint density at radius 1 is 1.12 bits per heavy atom. The molecule has 0 saturated carbocycles. The predicted molar refractivity (Wildman–Crippen MR) is 163 cm³/mol. The monoisotopic (exact) mass is 586 g/mol. The van der Waals surface area contributed by atoms with Gasteiger partial charge in [-0.2, -0.15) is 0 Å². The fourth-order valence-electron chi connectivity index (χ4n) is 6.35. The van der Waals surface area contributed by atoms with Crippen LogP contribution in [0.3, 0.4) is 0 Å². The number of allylic oxidation sites excluding steroid dienone is 1. The number of nitrogens with zero attached hydrogens (tertiary/aromatic N) is 4. The Hall–Kier alpha value is -4.35. The van der Waals surface area contributed by atoms with E-state index < -0.39 is 0 Å². The maximum Gasteiger partial charge on any atom is 0.318 e. The second-order valence-electron chi connectivity index (χ2n) is 11.3. The van der Waals surface area contributed by atoms with E-state index in [1.807, 2.05) is 26.0 Å². The molecule has 2 aromatic carbocycles. The van der Waals surface area contributed by atoms with E-state index in [1.54, 1.807) is 25.3 Å². The van der Waals surface area contributed by atoms with E-state index in [2.05, 4.69) is 49.7 Å². The molecule has 11 nitrogen and oxygen atoms in total. The molecule has 0 aliphatic carbocycles. The Labute approximate surface area is 251 Å². The number of methoxy groups -OCH3 is 1. The van der Waals surface area contributed by atoms with Crippen LogP contribution in [-0.4, -0.2) is 87.2 Å². The van der Waals surface area contributed by atoms with Crippen molar-refractivity contribution in [2.75, 3.05) is 70.7 Å². The van der Waals surface area contributed by atoms with Crippen molar-refractivity contribution in [1.29, 1.82) is 0 Å². The molecule has 3 aromatic rings. The summed E-state index contributed by atoms with van der Waals surface area (Å²) in [4.78, 5) is 32.8. The molecule has 43 heavy (non-hydrogen) atoms. The van der Waals surface area contributed by atoms with Crippen LogP contribution in [0.2, 0.25) is 0 Å². The standard InChI is InChI=1S/C32H38N6O5/c1-19-29(20(2)43-35-19)30-24(18-28-31(39)25-16-21(34-32(40)33-3)6-9-27(25)42-28)23-17-22(41-5)7-8-26(23)38(30)15-14-37-12-10-36(4)11-13-37/h6-9,16-18,24,30H,10-15H2,1-5H3,(H2,33,34,40)/b28-18-. The number of benzene rings is 2. The third-order valence-electron chi connectivity index (χ3n) is 8.70. The van der Waals surface area contributed by atoms with E-state index in [-0.39, 0.29) is 29.5 Å². The summed E-state index contributed by atoms with van der Waals surface area (Å²) in [5, 5.41) is 9.55. The molecule has 2 unspecified atom stereocenters. The number of hydrogen-bond donors (Lipinski definition) is 2. The number of likely N-dealkylation sites (N-methyl/N-ethyl adjacent to an activating group) is 1. The number of Topliss-reactive ketones (excluding diaryl/α,β-unsaturated/α-hetero) is 1. The first-order chi connectivity index (χ1) is 20.8. The van der Waals surface area contributed by atoms with Gasteiger partial charge in [0.15, 0.2) is 5.76 Å². The van der Waals surface area contributed by atoms with Crippen molar-refractivity contribution in [2.45, 2.75) is 25.8 Å². The molecule has 0 spiro atoms. The molecule has 3 aliphatic heterocycles. The van der Waals surface area contributed by atoms with E-state index in [9.17, 15) is 9.59 Å². The molecule has 1 aromatic heterocycles. The molecule has 2 amide bonds. The first-order valence-electron chi connectivity index (χ1n) is 14.6. The van der Waals surface area contributed by atoms with Crippen molar-refractivity contribution in [3.8, 4) is 11.5 Å². The molecule has 2 N–H and O–H groups in total. The number of ketones is 1. The molecular formula is C32H38N6O5. The Morgan fingerprint density at radius 2 is 1.91 bits per heavy atom. The number of aryl methyl sites for hydroxylation is 2. The summed E-state index contributed by atoms with van der Waals surface area (Å²) in [7, 11) is 5.36. The second-order valence-corrected chi connectivity index (χ2v) is 11.3. The Morgan fingerprint density at radius 3 is 2.60 bits per heavy atom. The Kier molecular flexibility index (Phi) is 7.85. The molecule has 0 bridgehead atoms. The molecule has 0 radical (unpaired) electrons. The van der Waals surface area contributed by atoms with Crippen LogP contribution in [0, 0.1) is 13.8 Å². The summed E-state index contributed by atoms with van der Waals surface area (Å²) in [6, 6.07) is 10.7. The van der Waals surface area contributed by atoms with E-state index in [4.69, 9.17) is 14.0 Å². The van der Waals surface area contributed by atoms with Crippen molar-refractivity contribution >= 4 is 23.2 Å². The number of hydrogen-bond acceptors (Lipinski definition) is 9.